The average molecular weight is 283 g/mol. The first-order valence-electron chi connectivity index (χ1n) is 6.44. The summed E-state index contributed by atoms with van der Waals surface area (Å²) in [5.41, 5.74) is 0.763. The fraction of sp³-hybridized carbons (Fsp3) is 0.667. The first-order valence-corrected chi connectivity index (χ1v) is 7.21. The molecule has 104 valence electrons. The highest BCUT2D eigenvalue weighted by molar-refractivity contribution is 7.08. The quantitative estimate of drug-likeness (QED) is 0.883. The predicted molar refractivity (Wildman–Crippen MR) is 70.2 cm³/mol. The second-order valence-corrected chi connectivity index (χ2v) is 5.56. The highest BCUT2D eigenvalue weighted by Crippen LogP contribution is 2.23. The summed E-state index contributed by atoms with van der Waals surface area (Å²) >= 11 is 1.13. The van der Waals surface area contributed by atoms with Crippen LogP contribution in [0.4, 0.5) is 0 Å². The van der Waals surface area contributed by atoms with Gasteiger partial charge >= 0.3 is 5.97 Å². The minimum atomic E-state index is -0.801. The molecule has 2 heterocycles. The summed E-state index contributed by atoms with van der Waals surface area (Å²) in [6.45, 7) is 3.18. The Kier molecular flexibility index (Phi) is 4.47. The Morgan fingerprint density at radius 1 is 1.53 bits per heavy atom. The lowest BCUT2D eigenvalue weighted by Gasteiger charge is -2.15. The molecule has 1 saturated heterocycles. The molecule has 7 heteroatoms. The molecular formula is C12H17N3O3S. The van der Waals surface area contributed by atoms with Crippen LogP contribution in [0.1, 0.15) is 41.6 Å². The van der Waals surface area contributed by atoms with Crippen molar-refractivity contribution >= 4 is 23.4 Å². The van der Waals surface area contributed by atoms with E-state index in [-0.39, 0.29) is 18.2 Å². The van der Waals surface area contributed by atoms with E-state index in [9.17, 15) is 9.59 Å². The number of hydrogen-bond acceptors (Lipinski definition) is 5. The maximum absolute atomic E-state index is 12.3. The van der Waals surface area contributed by atoms with Crippen molar-refractivity contribution in [3.8, 4) is 0 Å². The predicted octanol–water partition coefficient (Wildman–Crippen LogP) is 1.43. The van der Waals surface area contributed by atoms with E-state index >= 15 is 0 Å². The number of carboxylic acids is 1. The minimum Gasteiger partial charge on any atom is -0.481 e. The Labute approximate surface area is 115 Å². The normalized spacial score (nSPS) is 18.8. The molecule has 19 heavy (non-hydrogen) atoms. The van der Waals surface area contributed by atoms with Crippen LogP contribution in [0.5, 0.6) is 0 Å². The molecule has 0 radical (unpaired) electrons. The van der Waals surface area contributed by atoms with E-state index in [0.29, 0.717) is 18.0 Å². The van der Waals surface area contributed by atoms with Gasteiger partial charge in [0.15, 0.2) is 0 Å². The van der Waals surface area contributed by atoms with Gasteiger partial charge in [-0.1, -0.05) is 17.8 Å². The number of nitrogens with zero attached hydrogens (tertiary/aromatic N) is 3. The van der Waals surface area contributed by atoms with Crippen molar-refractivity contribution in [1.29, 1.82) is 0 Å². The van der Waals surface area contributed by atoms with Crippen LogP contribution < -0.4 is 0 Å². The van der Waals surface area contributed by atoms with E-state index in [1.165, 1.54) is 0 Å². The molecule has 2 rings (SSSR count). The molecule has 1 aromatic rings. The molecule has 0 aliphatic carbocycles. The maximum Gasteiger partial charge on any atom is 0.303 e. The first-order chi connectivity index (χ1) is 9.11. The van der Waals surface area contributed by atoms with Gasteiger partial charge in [-0.3, -0.25) is 9.59 Å². The SMILES string of the molecule is CCCc1nnsc1C(=O)N1CCC(CC(=O)O)C1. The fourth-order valence-electron chi connectivity index (χ4n) is 2.35. The van der Waals surface area contributed by atoms with Gasteiger partial charge in [0.2, 0.25) is 0 Å². The summed E-state index contributed by atoms with van der Waals surface area (Å²) < 4.78 is 3.85. The number of aryl methyl sites for hydroxylation is 1. The van der Waals surface area contributed by atoms with Crippen molar-refractivity contribution < 1.29 is 14.7 Å². The van der Waals surface area contributed by atoms with E-state index in [4.69, 9.17) is 5.11 Å². The second kappa shape index (κ2) is 6.10. The number of carbonyl (C=O) groups is 2. The van der Waals surface area contributed by atoms with Gasteiger partial charge in [-0.25, -0.2) is 0 Å². The zero-order chi connectivity index (χ0) is 13.8. The zero-order valence-electron chi connectivity index (χ0n) is 10.8. The second-order valence-electron chi connectivity index (χ2n) is 4.80. The highest BCUT2D eigenvalue weighted by atomic mass is 32.1. The highest BCUT2D eigenvalue weighted by Gasteiger charge is 2.30. The lowest BCUT2D eigenvalue weighted by atomic mass is 10.1. The fourth-order valence-corrected chi connectivity index (χ4v) is 3.02. The molecule has 1 N–H and O–H groups in total. The van der Waals surface area contributed by atoms with Crippen LogP contribution in [0.3, 0.4) is 0 Å². The van der Waals surface area contributed by atoms with Gasteiger partial charge in [0, 0.05) is 19.5 Å². The smallest absolute Gasteiger partial charge is 0.303 e. The molecule has 0 bridgehead atoms. The Balaban J connectivity index is 2.00. The van der Waals surface area contributed by atoms with Crippen LogP contribution in [0.2, 0.25) is 0 Å². The van der Waals surface area contributed by atoms with Crippen LogP contribution in [-0.4, -0.2) is 44.6 Å². The van der Waals surface area contributed by atoms with Gasteiger partial charge in [-0.2, -0.15) is 0 Å². The van der Waals surface area contributed by atoms with Gasteiger partial charge in [0.1, 0.15) is 4.88 Å². The number of rotatable bonds is 5. The van der Waals surface area contributed by atoms with Gasteiger partial charge in [0.25, 0.3) is 5.91 Å². The lowest BCUT2D eigenvalue weighted by molar-refractivity contribution is -0.138. The maximum atomic E-state index is 12.3. The van der Waals surface area contributed by atoms with E-state index in [2.05, 4.69) is 9.59 Å². The summed E-state index contributed by atoms with van der Waals surface area (Å²) in [5.74, 6) is -0.784. The van der Waals surface area contributed by atoms with Gasteiger partial charge < -0.3 is 10.0 Å². The standard InChI is InChI=1S/C12H17N3O3S/c1-2-3-9-11(19-14-13-9)12(18)15-5-4-8(7-15)6-10(16)17/h8H,2-7H2,1H3,(H,16,17). The minimum absolute atomic E-state index is 0.0497. The van der Waals surface area contributed by atoms with Crippen molar-refractivity contribution in [2.24, 2.45) is 5.92 Å². The summed E-state index contributed by atoms with van der Waals surface area (Å²) in [7, 11) is 0. The summed E-state index contributed by atoms with van der Waals surface area (Å²) in [4.78, 5) is 25.4. The molecule has 1 amide bonds. The monoisotopic (exact) mass is 283 g/mol. The van der Waals surface area contributed by atoms with Crippen molar-refractivity contribution in [3.05, 3.63) is 10.6 Å². The third-order valence-electron chi connectivity index (χ3n) is 3.27. The van der Waals surface area contributed by atoms with E-state index in [0.717, 1.165) is 36.5 Å². The number of amides is 1. The largest absolute Gasteiger partial charge is 0.481 e. The van der Waals surface area contributed by atoms with Gasteiger partial charge in [-0.05, 0) is 30.3 Å². The molecule has 1 unspecified atom stereocenters. The van der Waals surface area contributed by atoms with Crippen molar-refractivity contribution in [2.75, 3.05) is 13.1 Å². The van der Waals surface area contributed by atoms with E-state index < -0.39 is 5.97 Å². The number of hydrogen-bond donors (Lipinski definition) is 1. The van der Waals surface area contributed by atoms with E-state index in [1.807, 2.05) is 6.92 Å². The van der Waals surface area contributed by atoms with Crippen molar-refractivity contribution in [1.82, 2.24) is 14.5 Å². The topological polar surface area (TPSA) is 83.4 Å². The van der Waals surface area contributed by atoms with Gasteiger partial charge in [-0.15, -0.1) is 5.10 Å². The molecule has 1 aromatic heterocycles. The van der Waals surface area contributed by atoms with Crippen molar-refractivity contribution in [2.45, 2.75) is 32.6 Å². The number of likely N-dealkylation sites (tertiary alicyclic amines) is 1. The van der Waals surface area contributed by atoms with Crippen LogP contribution in [0.15, 0.2) is 0 Å². The molecule has 1 atom stereocenters. The summed E-state index contributed by atoms with van der Waals surface area (Å²) in [6.07, 6.45) is 2.57. The molecule has 6 nitrogen and oxygen atoms in total. The molecule has 0 aromatic carbocycles. The molecule has 0 saturated carbocycles. The van der Waals surface area contributed by atoms with Gasteiger partial charge in [0.05, 0.1) is 5.69 Å². The summed E-state index contributed by atoms with van der Waals surface area (Å²) in [6, 6.07) is 0. The van der Waals surface area contributed by atoms with Crippen LogP contribution >= 0.6 is 11.5 Å². The summed E-state index contributed by atoms with van der Waals surface area (Å²) in [5, 5.41) is 12.8. The molecule has 1 aliphatic heterocycles. The zero-order valence-corrected chi connectivity index (χ0v) is 11.7. The van der Waals surface area contributed by atoms with E-state index in [1.54, 1.807) is 4.90 Å². The average Bonchev–Trinajstić information content (AvgIpc) is 2.97. The van der Waals surface area contributed by atoms with Crippen LogP contribution in [0.25, 0.3) is 0 Å². The molecule has 0 spiro atoms. The molecular weight excluding hydrogens is 266 g/mol. The Morgan fingerprint density at radius 2 is 2.32 bits per heavy atom. The number of aromatic nitrogens is 2. The van der Waals surface area contributed by atoms with Crippen LogP contribution in [-0.2, 0) is 11.2 Å². The van der Waals surface area contributed by atoms with Crippen molar-refractivity contribution in [3.63, 3.8) is 0 Å². The Bertz CT molecular complexity index is 475. The lowest BCUT2D eigenvalue weighted by Crippen LogP contribution is -2.29. The third-order valence-corrected chi connectivity index (χ3v) is 4.03. The van der Waals surface area contributed by atoms with Crippen LogP contribution in [0, 0.1) is 5.92 Å². The third kappa shape index (κ3) is 3.28. The number of carboxylic acid groups (broad SMARTS) is 1. The molecule has 1 fully saturated rings. The molecule has 1 aliphatic rings. The Hall–Kier alpha value is -1.50. The number of carbonyl (C=O) groups excluding carboxylic acids is 1. The first kappa shape index (κ1) is 13.9. The number of aliphatic carboxylic acids is 1. The Morgan fingerprint density at radius 3 is 3.00 bits per heavy atom.